The number of aromatic nitrogens is 2. The van der Waals surface area contributed by atoms with E-state index in [4.69, 9.17) is 22.3 Å². The van der Waals surface area contributed by atoms with Gasteiger partial charge in [-0.15, -0.1) is 11.3 Å². The topological polar surface area (TPSA) is 107 Å². The first kappa shape index (κ1) is 20.9. The lowest BCUT2D eigenvalue weighted by molar-refractivity contribution is -0.119. The van der Waals surface area contributed by atoms with Gasteiger partial charge in [-0.2, -0.15) is 0 Å². The monoisotopic (exact) mass is 462 g/mol. The van der Waals surface area contributed by atoms with Gasteiger partial charge in [0.15, 0.2) is 5.16 Å². The number of rotatable bonds is 5. The van der Waals surface area contributed by atoms with Gasteiger partial charge in [-0.1, -0.05) is 23.4 Å². The van der Waals surface area contributed by atoms with Crippen LogP contribution in [-0.4, -0.2) is 27.2 Å². The van der Waals surface area contributed by atoms with Gasteiger partial charge in [0.2, 0.25) is 5.91 Å². The highest BCUT2D eigenvalue weighted by molar-refractivity contribution is 7.99. The van der Waals surface area contributed by atoms with Crippen molar-refractivity contribution in [2.75, 3.05) is 5.75 Å². The number of amides is 3. The highest BCUT2D eigenvalue weighted by Gasteiger charge is 2.23. The summed E-state index contributed by atoms with van der Waals surface area (Å²) in [6.07, 6.45) is 4.15. The number of imide groups is 1. The second-order valence-corrected chi connectivity index (χ2v) is 9.50. The SMILES string of the molecule is NC(=O)NC(=O)CCSc1nc2sc3c(c2c(=O)n1-c1ccc(Cl)cc1)CCCC3. The van der Waals surface area contributed by atoms with Crippen LogP contribution >= 0.6 is 34.7 Å². The molecule has 0 spiro atoms. The lowest BCUT2D eigenvalue weighted by atomic mass is 9.97. The Balaban J connectivity index is 1.76. The van der Waals surface area contributed by atoms with Crippen LogP contribution in [0.15, 0.2) is 34.2 Å². The number of nitrogens with zero attached hydrogens (tertiary/aromatic N) is 2. The fraction of sp³-hybridized carbons (Fsp3) is 0.300. The lowest BCUT2D eigenvalue weighted by Gasteiger charge is -2.13. The minimum absolute atomic E-state index is 0.0725. The van der Waals surface area contributed by atoms with Gasteiger partial charge in [-0.3, -0.25) is 19.5 Å². The highest BCUT2D eigenvalue weighted by atomic mass is 35.5. The predicted octanol–water partition coefficient (Wildman–Crippen LogP) is 3.66. The normalized spacial score (nSPS) is 13.2. The van der Waals surface area contributed by atoms with Crippen LogP contribution in [-0.2, 0) is 17.6 Å². The summed E-state index contributed by atoms with van der Waals surface area (Å²) >= 11 is 8.89. The Bertz CT molecular complexity index is 1190. The minimum atomic E-state index is -0.883. The average Bonchev–Trinajstić information content (AvgIpc) is 3.07. The molecule has 3 aromatic rings. The molecule has 0 atom stereocenters. The molecule has 10 heteroatoms. The Morgan fingerprint density at radius 3 is 2.70 bits per heavy atom. The van der Waals surface area contributed by atoms with Crippen molar-refractivity contribution >= 4 is 56.9 Å². The summed E-state index contributed by atoms with van der Waals surface area (Å²) in [7, 11) is 0. The molecule has 0 aliphatic heterocycles. The molecule has 0 radical (unpaired) electrons. The van der Waals surface area contributed by atoms with E-state index in [1.54, 1.807) is 40.2 Å². The van der Waals surface area contributed by atoms with Crippen molar-refractivity contribution in [3.8, 4) is 5.69 Å². The van der Waals surface area contributed by atoms with Gasteiger partial charge < -0.3 is 5.73 Å². The van der Waals surface area contributed by atoms with E-state index < -0.39 is 11.9 Å². The van der Waals surface area contributed by atoms with Gasteiger partial charge in [-0.05, 0) is 55.5 Å². The van der Waals surface area contributed by atoms with Gasteiger partial charge in [0.25, 0.3) is 5.56 Å². The van der Waals surface area contributed by atoms with Gasteiger partial charge in [-0.25, -0.2) is 9.78 Å². The molecule has 2 heterocycles. The summed E-state index contributed by atoms with van der Waals surface area (Å²) in [5, 5.41) is 3.81. The maximum Gasteiger partial charge on any atom is 0.318 e. The summed E-state index contributed by atoms with van der Waals surface area (Å²) < 4.78 is 1.58. The molecule has 0 saturated carbocycles. The van der Waals surface area contributed by atoms with E-state index in [1.165, 1.54) is 16.6 Å². The van der Waals surface area contributed by atoms with Gasteiger partial charge in [0.1, 0.15) is 4.83 Å². The standard InChI is InChI=1S/C20H19ClN4O3S2/c21-11-5-7-12(8-6-11)25-18(27)16-13-3-1-2-4-14(13)30-17(16)24-20(25)29-10-9-15(26)23-19(22)28/h5-8H,1-4,9-10H2,(H3,22,23,26,28). The number of halogens is 1. The zero-order valence-corrected chi connectivity index (χ0v) is 18.3. The summed E-state index contributed by atoms with van der Waals surface area (Å²) in [4.78, 5) is 42.9. The van der Waals surface area contributed by atoms with E-state index >= 15 is 0 Å². The summed E-state index contributed by atoms with van der Waals surface area (Å²) in [5.74, 6) is -0.126. The van der Waals surface area contributed by atoms with Gasteiger partial charge >= 0.3 is 6.03 Å². The molecule has 1 aromatic carbocycles. The third-order valence-corrected chi connectivity index (χ3v) is 7.24. The minimum Gasteiger partial charge on any atom is -0.351 e. The number of benzene rings is 1. The van der Waals surface area contributed by atoms with E-state index in [1.807, 2.05) is 5.32 Å². The molecule has 30 heavy (non-hydrogen) atoms. The molecular formula is C20H19ClN4O3S2. The van der Waals surface area contributed by atoms with Crippen molar-refractivity contribution in [1.82, 2.24) is 14.9 Å². The second-order valence-electron chi connectivity index (χ2n) is 6.91. The van der Waals surface area contributed by atoms with Crippen LogP contribution in [0.1, 0.15) is 29.7 Å². The fourth-order valence-corrected chi connectivity index (χ4v) is 5.91. The molecule has 3 N–H and O–H groups in total. The second kappa shape index (κ2) is 8.79. The van der Waals surface area contributed by atoms with E-state index in [-0.39, 0.29) is 12.0 Å². The first-order valence-corrected chi connectivity index (χ1v) is 11.7. The van der Waals surface area contributed by atoms with Crippen LogP contribution in [0.5, 0.6) is 0 Å². The number of nitrogens with two attached hydrogens (primary N) is 1. The van der Waals surface area contributed by atoms with E-state index in [2.05, 4.69) is 0 Å². The summed E-state index contributed by atoms with van der Waals surface area (Å²) in [6, 6.07) is 6.13. The largest absolute Gasteiger partial charge is 0.351 e. The molecule has 156 valence electrons. The highest BCUT2D eigenvalue weighted by Crippen LogP contribution is 2.35. The number of fused-ring (bicyclic) bond motifs is 3. The first-order valence-electron chi connectivity index (χ1n) is 9.49. The summed E-state index contributed by atoms with van der Waals surface area (Å²) in [5.41, 5.74) is 6.66. The number of primary amides is 1. The lowest BCUT2D eigenvalue weighted by Crippen LogP contribution is -2.35. The zero-order valence-electron chi connectivity index (χ0n) is 15.9. The molecular weight excluding hydrogens is 444 g/mol. The van der Waals surface area contributed by atoms with E-state index in [0.717, 1.165) is 36.1 Å². The number of hydrogen-bond donors (Lipinski definition) is 2. The Kier molecular flexibility index (Phi) is 6.12. The van der Waals surface area contributed by atoms with Gasteiger partial charge in [0, 0.05) is 22.1 Å². The molecule has 0 unspecified atom stereocenters. The van der Waals surface area contributed by atoms with Crippen LogP contribution in [0.25, 0.3) is 15.9 Å². The molecule has 4 rings (SSSR count). The number of nitrogens with one attached hydrogen (secondary N) is 1. The molecule has 1 aliphatic carbocycles. The third kappa shape index (κ3) is 4.23. The van der Waals surface area contributed by atoms with E-state index in [9.17, 15) is 14.4 Å². The molecule has 0 fully saturated rings. The van der Waals surface area contributed by atoms with Crippen LogP contribution < -0.4 is 16.6 Å². The van der Waals surface area contributed by atoms with Crippen molar-refractivity contribution in [2.24, 2.45) is 5.73 Å². The number of thiophene rings is 1. The molecule has 1 aliphatic rings. The number of carbonyl (C=O) groups is 2. The van der Waals surface area contributed by atoms with Crippen LogP contribution in [0.3, 0.4) is 0 Å². The van der Waals surface area contributed by atoms with Crippen molar-refractivity contribution in [3.63, 3.8) is 0 Å². The number of hydrogen-bond acceptors (Lipinski definition) is 6. The maximum absolute atomic E-state index is 13.6. The Hall–Kier alpha value is -2.36. The number of carbonyl (C=O) groups excluding carboxylic acids is 2. The third-order valence-electron chi connectivity index (χ3n) is 4.87. The quantitative estimate of drug-likeness (QED) is 0.444. The fourth-order valence-electron chi connectivity index (χ4n) is 3.54. The average molecular weight is 463 g/mol. The Labute approximate surface area is 185 Å². The molecule has 0 saturated heterocycles. The summed E-state index contributed by atoms with van der Waals surface area (Å²) in [6.45, 7) is 0. The number of thioether (sulfide) groups is 1. The van der Waals surface area contributed by atoms with Crippen molar-refractivity contribution < 1.29 is 9.59 Å². The number of urea groups is 1. The first-order chi connectivity index (χ1) is 14.4. The zero-order chi connectivity index (χ0) is 21.3. The smallest absolute Gasteiger partial charge is 0.318 e. The van der Waals surface area contributed by atoms with Crippen molar-refractivity contribution in [1.29, 1.82) is 0 Å². The van der Waals surface area contributed by atoms with Crippen LogP contribution in [0.2, 0.25) is 5.02 Å². The molecule has 7 nitrogen and oxygen atoms in total. The predicted molar refractivity (Wildman–Crippen MR) is 120 cm³/mol. The van der Waals surface area contributed by atoms with Crippen LogP contribution in [0, 0.1) is 0 Å². The molecule has 0 bridgehead atoms. The van der Waals surface area contributed by atoms with Crippen molar-refractivity contribution in [3.05, 3.63) is 50.1 Å². The Morgan fingerprint density at radius 2 is 1.97 bits per heavy atom. The molecule has 3 amide bonds. The van der Waals surface area contributed by atoms with Crippen LogP contribution in [0.4, 0.5) is 4.79 Å². The molecule has 2 aromatic heterocycles. The van der Waals surface area contributed by atoms with Crippen molar-refractivity contribution in [2.45, 2.75) is 37.3 Å². The Morgan fingerprint density at radius 1 is 1.23 bits per heavy atom. The maximum atomic E-state index is 13.6. The number of aryl methyl sites for hydroxylation is 2. The van der Waals surface area contributed by atoms with Gasteiger partial charge in [0.05, 0.1) is 11.1 Å². The van der Waals surface area contributed by atoms with E-state index in [0.29, 0.717) is 27.0 Å².